The van der Waals surface area contributed by atoms with Crippen LogP contribution >= 0.6 is 11.6 Å². The number of aliphatic imine (C=N–C) groups is 1. The predicted molar refractivity (Wildman–Crippen MR) is 50.2 cm³/mol. The molecule has 0 aromatic carbocycles. The van der Waals surface area contributed by atoms with Crippen molar-refractivity contribution >= 4 is 17.9 Å². The molecule has 0 aliphatic carbocycles. The maximum absolute atomic E-state index is 8.12. The largest absolute Gasteiger partial charge is 0.283 e. The van der Waals surface area contributed by atoms with Crippen LogP contribution in [0.15, 0.2) is 23.3 Å². The lowest BCUT2D eigenvalue weighted by Gasteiger charge is -1.94. The minimum atomic E-state index is 0.461. The molecule has 66 valence electrons. The van der Waals surface area contributed by atoms with Gasteiger partial charge in [0, 0.05) is 6.20 Å². The van der Waals surface area contributed by atoms with E-state index in [0.29, 0.717) is 11.7 Å². The van der Waals surface area contributed by atoms with Gasteiger partial charge in [0.2, 0.25) is 0 Å². The van der Waals surface area contributed by atoms with Gasteiger partial charge in [0.1, 0.15) is 5.15 Å². The Morgan fingerprint density at radius 1 is 1.69 bits per heavy atom. The van der Waals surface area contributed by atoms with Crippen molar-refractivity contribution in [1.82, 2.24) is 10.3 Å². The van der Waals surface area contributed by atoms with Gasteiger partial charge in [-0.1, -0.05) is 17.7 Å². The van der Waals surface area contributed by atoms with Crippen molar-refractivity contribution in [2.75, 3.05) is 0 Å². The van der Waals surface area contributed by atoms with E-state index in [1.807, 2.05) is 6.07 Å². The summed E-state index contributed by atoms with van der Waals surface area (Å²) in [4.78, 5) is 7.80. The average Bonchev–Trinajstić information content (AvgIpc) is 2.15. The van der Waals surface area contributed by atoms with Crippen LogP contribution in [-0.4, -0.2) is 11.3 Å². The number of aromatic nitrogens is 1. The van der Waals surface area contributed by atoms with E-state index in [0.717, 1.165) is 5.56 Å². The Balaban J connectivity index is 2.47. The van der Waals surface area contributed by atoms with Crippen molar-refractivity contribution in [3.63, 3.8) is 0 Å². The number of nitrogens with zero attached hydrogens (tertiary/aromatic N) is 3. The summed E-state index contributed by atoms with van der Waals surface area (Å²) >= 11 is 5.59. The van der Waals surface area contributed by atoms with Gasteiger partial charge in [0.25, 0.3) is 0 Å². The van der Waals surface area contributed by atoms with Gasteiger partial charge in [-0.25, -0.2) is 4.98 Å². The minimum Gasteiger partial charge on any atom is -0.283 e. The van der Waals surface area contributed by atoms with Gasteiger partial charge in [-0.15, -0.1) is 0 Å². The van der Waals surface area contributed by atoms with E-state index in [2.05, 4.69) is 15.3 Å². The van der Waals surface area contributed by atoms with Gasteiger partial charge < -0.3 is 0 Å². The maximum atomic E-state index is 8.12. The number of halogens is 1. The molecule has 13 heavy (non-hydrogen) atoms. The number of hydrogen-bond donors (Lipinski definition) is 1. The van der Waals surface area contributed by atoms with Crippen LogP contribution in [0.25, 0.3) is 0 Å². The topological polar surface area (TPSA) is 61.1 Å². The van der Waals surface area contributed by atoms with Gasteiger partial charge >= 0.3 is 0 Å². The highest BCUT2D eigenvalue weighted by molar-refractivity contribution is 6.29. The van der Waals surface area contributed by atoms with E-state index in [1.165, 1.54) is 6.34 Å². The molecule has 4 nitrogen and oxygen atoms in total. The van der Waals surface area contributed by atoms with Crippen LogP contribution in [0.1, 0.15) is 5.56 Å². The number of nitrogens with one attached hydrogen (secondary N) is 1. The molecule has 1 aromatic rings. The van der Waals surface area contributed by atoms with Gasteiger partial charge in [0.15, 0.2) is 6.19 Å². The van der Waals surface area contributed by atoms with Crippen LogP contribution in [0, 0.1) is 11.5 Å². The monoisotopic (exact) mass is 194 g/mol. The molecule has 0 fully saturated rings. The first-order chi connectivity index (χ1) is 6.33. The highest BCUT2D eigenvalue weighted by Crippen LogP contribution is 2.05. The van der Waals surface area contributed by atoms with E-state index in [9.17, 15) is 0 Å². The summed E-state index contributed by atoms with van der Waals surface area (Å²) in [5, 5.41) is 10.9. The second-order valence-corrected chi connectivity index (χ2v) is 2.60. The van der Waals surface area contributed by atoms with Gasteiger partial charge in [0.05, 0.1) is 12.9 Å². The Morgan fingerprint density at radius 2 is 2.54 bits per heavy atom. The molecule has 1 heterocycles. The summed E-state index contributed by atoms with van der Waals surface area (Å²) in [7, 11) is 0. The zero-order chi connectivity index (χ0) is 9.52. The predicted octanol–water partition coefficient (Wildman–Crippen LogP) is 1.33. The van der Waals surface area contributed by atoms with Crippen molar-refractivity contribution in [1.29, 1.82) is 5.26 Å². The molecule has 1 aromatic heterocycles. The molecule has 1 rings (SSSR count). The number of nitriles is 1. The Kier molecular flexibility index (Phi) is 3.74. The summed E-state index contributed by atoms with van der Waals surface area (Å²) in [6.45, 7) is 0.485. The molecule has 0 spiro atoms. The highest BCUT2D eigenvalue weighted by atomic mass is 35.5. The van der Waals surface area contributed by atoms with E-state index in [1.54, 1.807) is 18.5 Å². The van der Waals surface area contributed by atoms with Gasteiger partial charge in [-0.2, -0.15) is 5.26 Å². The van der Waals surface area contributed by atoms with E-state index >= 15 is 0 Å². The molecule has 1 N–H and O–H groups in total. The van der Waals surface area contributed by atoms with Crippen LogP contribution < -0.4 is 5.32 Å². The quantitative estimate of drug-likeness (QED) is 0.260. The first kappa shape index (κ1) is 9.49. The molecule has 0 amide bonds. The molecule has 0 aliphatic rings. The summed E-state index contributed by atoms with van der Waals surface area (Å²) < 4.78 is 0. The van der Waals surface area contributed by atoms with E-state index < -0.39 is 0 Å². The summed E-state index contributed by atoms with van der Waals surface area (Å²) in [5.41, 5.74) is 0.945. The average molecular weight is 195 g/mol. The normalized spacial score (nSPS) is 9.85. The fraction of sp³-hybridized carbons (Fsp3) is 0.125. The molecule has 0 saturated carbocycles. The first-order valence-corrected chi connectivity index (χ1v) is 3.94. The smallest absolute Gasteiger partial charge is 0.182 e. The Hall–Kier alpha value is -1.60. The second-order valence-electron chi connectivity index (χ2n) is 2.22. The van der Waals surface area contributed by atoms with Crippen LogP contribution in [0.2, 0.25) is 5.15 Å². The molecule has 0 saturated heterocycles. The van der Waals surface area contributed by atoms with Crippen LogP contribution in [0.4, 0.5) is 0 Å². The van der Waals surface area contributed by atoms with Crippen LogP contribution in [0.5, 0.6) is 0 Å². The SMILES string of the molecule is N#CNC=NCc1ccc(Cl)nc1. The zero-order valence-electron chi connectivity index (χ0n) is 6.74. The maximum Gasteiger partial charge on any atom is 0.182 e. The van der Waals surface area contributed by atoms with Crippen molar-refractivity contribution in [2.45, 2.75) is 6.54 Å². The standard InChI is InChI=1S/C8H7ClN4/c9-8-2-1-7(4-13-8)3-11-6-12-5-10/h1-2,4,6H,3H2,(H,11,12). The lowest BCUT2D eigenvalue weighted by Crippen LogP contribution is -2.00. The molecule has 0 aliphatic heterocycles. The molecule has 0 radical (unpaired) electrons. The van der Waals surface area contributed by atoms with Gasteiger partial charge in [-0.05, 0) is 11.6 Å². The van der Waals surface area contributed by atoms with Crippen LogP contribution in [-0.2, 0) is 6.54 Å². The Morgan fingerprint density at radius 3 is 3.15 bits per heavy atom. The number of rotatable bonds is 3. The summed E-state index contributed by atoms with van der Waals surface area (Å²) in [6, 6.07) is 3.53. The second kappa shape index (κ2) is 5.12. The van der Waals surface area contributed by atoms with E-state index in [-0.39, 0.29) is 0 Å². The summed E-state index contributed by atoms with van der Waals surface area (Å²) in [6.07, 6.45) is 4.71. The minimum absolute atomic E-state index is 0.461. The molecule has 0 unspecified atom stereocenters. The highest BCUT2D eigenvalue weighted by Gasteiger charge is 1.90. The van der Waals surface area contributed by atoms with Crippen molar-refractivity contribution < 1.29 is 0 Å². The van der Waals surface area contributed by atoms with Crippen molar-refractivity contribution in [3.05, 3.63) is 29.0 Å². The third-order valence-corrected chi connectivity index (χ3v) is 1.51. The molecular formula is C8H7ClN4. The van der Waals surface area contributed by atoms with Crippen LogP contribution in [0.3, 0.4) is 0 Å². The molecule has 5 heteroatoms. The lowest BCUT2D eigenvalue weighted by molar-refractivity contribution is 1.04. The first-order valence-electron chi connectivity index (χ1n) is 3.56. The molecular weight excluding hydrogens is 188 g/mol. The van der Waals surface area contributed by atoms with E-state index in [4.69, 9.17) is 16.9 Å². The molecule has 0 atom stereocenters. The Bertz CT molecular complexity index is 325. The third-order valence-electron chi connectivity index (χ3n) is 1.28. The zero-order valence-corrected chi connectivity index (χ0v) is 7.49. The number of hydrogen-bond acceptors (Lipinski definition) is 3. The fourth-order valence-electron chi connectivity index (χ4n) is 0.726. The van der Waals surface area contributed by atoms with Gasteiger partial charge in [-0.3, -0.25) is 10.3 Å². The third kappa shape index (κ3) is 3.54. The summed E-state index contributed by atoms with van der Waals surface area (Å²) in [5.74, 6) is 0. The number of pyridine rings is 1. The fourth-order valence-corrected chi connectivity index (χ4v) is 0.837. The Labute approximate surface area is 80.9 Å². The lowest BCUT2D eigenvalue weighted by atomic mass is 10.3. The van der Waals surface area contributed by atoms with Crippen molar-refractivity contribution in [2.24, 2.45) is 4.99 Å². The molecule has 0 bridgehead atoms. The van der Waals surface area contributed by atoms with Crippen molar-refractivity contribution in [3.8, 4) is 6.19 Å².